The van der Waals surface area contributed by atoms with Gasteiger partial charge in [-0.1, -0.05) is 17.3 Å². The highest BCUT2D eigenvalue weighted by Gasteiger charge is 2.16. The number of ether oxygens (including phenoxy) is 1. The summed E-state index contributed by atoms with van der Waals surface area (Å²) in [7, 11) is 0. The van der Waals surface area contributed by atoms with Crippen LogP contribution in [0.25, 0.3) is 0 Å². The van der Waals surface area contributed by atoms with Crippen molar-refractivity contribution in [2.45, 2.75) is 47.3 Å². The third-order valence-corrected chi connectivity index (χ3v) is 4.34. The zero-order chi connectivity index (χ0) is 19.6. The number of anilines is 1. The van der Waals surface area contributed by atoms with E-state index >= 15 is 0 Å². The van der Waals surface area contributed by atoms with Crippen LogP contribution in [-0.4, -0.2) is 20.8 Å². The number of para-hydroxylation sites is 1. The molecule has 27 heavy (non-hydrogen) atoms. The molecule has 0 bridgehead atoms. The number of hydrogen-bond donors (Lipinski definition) is 1. The molecule has 0 saturated carbocycles. The molecule has 0 aliphatic carbocycles. The van der Waals surface area contributed by atoms with Gasteiger partial charge in [-0.05, 0) is 46.8 Å². The lowest BCUT2D eigenvalue weighted by atomic mass is 10.2. The van der Waals surface area contributed by atoms with Gasteiger partial charge in [0.05, 0.1) is 16.8 Å². The van der Waals surface area contributed by atoms with E-state index in [1.54, 1.807) is 18.2 Å². The van der Waals surface area contributed by atoms with E-state index in [1.165, 1.54) is 0 Å². The predicted molar refractivity (Wildman–Crippen MR) is 102 cm³/mol. The summed E-state index contributed by atoms with van der Waals surface area (Å²) in [5.74, 6) is 1.46. The van der Waals surface area contributed by atoms with Gasteiger partial charge in [-0.25, -0.2) is 0 Å². The van der Waals surface area contributed by atoms with Crippen molar-refractivity contribution in [1.82, 2.24) is 14.9 Å². The number of aromatic nitrogens is 3. The molecule has 3 aromatic rings. The number of nitrogens with zero attached hydrogens (tertiary/aromatic N) is 3. The minimum atomic E-state index is -0.266. The van der Waals surface area contributed by atoms with Crippen molar-refractivity contribution < 1.29 is 14.1 Å². The number of nitrogens with one attached hydrogen (secondary N) is 1. The minimum absolute atomic E-state index is 0.223. The first-order valence-corrected chi connectivity index (χ1v) is 8.88. The molecule has 0 spiro atoms. The normalized spacial score (nSPS) is 11.0. The molecule has 0 atom stereocenters. The van der Waals surface area contributed by atoms with Crippen LogP contribution in [0, 0.1) is 20.8 Å². The summed E-state index contributed by atoms with van der Waals surface area (Å²) in [6.45, 7) is 10.0. The van der Waals surface area contributed by atoms with E-state index in [0.717, 1.165) is 17.0 Å². The van der Waals surface area contributed by atoms with Crippen LogP contribution in [0.4, 0.5) is 5.82 Å². The Morgan fingerprint density at radius 2 is 2.00 bits per heavy atom. The fraction of sp³-hybridized carbons (Fsp3) is 0.350. The molecule has 1 aromatic carbocycles. The Morgan fingerprint density at radius 3 is 2.63 bits per heavy atom. The van der Waals surface area contributed by atoms with Crippen LogP contribution in [0.15, 0.2) is 34.9 Å². The first-order valence-electron chi connectivity index (χ1n) is 8.88. The summed E-state index contributed by atoms with van der Waals surface area (Å²) in [6.07, 6.45) is 0. The number of aryl methyl sites for hydroxylation is 3. The maximum atomic E-state index is 12.7. The smallest absolute Gasteiger partial charge is 0.260 e. The number of amides is 1. The van der Waals surface area contributed by atoms with Crippen molar-refractivity contribution in [2.75, 3.05) is 5.32 Å². The number of hydrogen-bond acceptors (Lipinski definition) is 5. The van der Waals surface area contributed by atoms with Gasteiger partial charge in [0.2, 0.25) is 0 Å². The Labute approximate surface area is 158 Å². The largest absolute Gasteiger partial charge is 0.488 e. The van der Waals surface area contributed by atoms with Crippen LogP contribution in [0.2, 0.25) is 0 Å². The summed E-state index contributed by atoms with van der Waals surface area (Å²) < 4.78 is 12.9. The monoisotopic (exact) mass is 368 g/mol. The molecule has 7 heteroatoms. The summed E-state index contributed by atoms with van der Waals surface area (Å²) in [6, 6.07) is 9.20. The summed E-state index contributed by atoms with van der Waals surface area (Å²) in [4.78, 5) is 12.7. The average Bonchev–Trinajstić information content (AvgIpc) is 3.15. The van der Waals surface area contributed by atoms with E-state index in [4.69, 9.17) is 9.26 Å². The number of carbonyl (C=O) groups is 1. The van der Waals surface area contributed by atoms with Gasteiger partial charge < -0.3 is 14.6 Å². The summed E-state index contributed by atoms with van der Waals surface area (Å²) in [5.41, 5.74) is 3.10. The van der Waals surface area contributed by atoms with E-state index in [-0.39, 0.29) is 18.6 Å². The van der Waals surface area contributed by atoms with E-state index in [9.17, 15) is 4.79 Å². The Kier molecular flexibility index (Phi) is 5.30. The van der Waals surface area contributed by atoms with Gasteiger partial charge in [-0.3, -0.25) is 9.48 Å². The summed E-state index contributed by atoms with van der Waals surface area (Å²) in [5, 5.41) is 11.2. The molecule has 1 N–H and O–H groups in total. The van der Waals surface area contributed by atoms with Crippen LogP contribution >= 0.6 is 0 Å². The van der Waals surface area contributed by atoms with Gasteiger partial charge in [-0.2, -0.15) is 5.10 Å². The molecule has 2 aromatic heterocycles. The molecular weight excluding hydrogens is 344 g/mol. The van der Waals surface area contributed by atoms with E-state index in [1.807, 2.05) is 51.4 Å². The molecule has 0 saturated heterocycles. The highest BCUT2D eigenvalue weighted by atomic mass is 16.5. The third-order valence-electron chi connectivity index (χ3n) is 4.34. The van der Waals surface area contributed by atoms with Crippen LogP contribution < -0.4 is 10.1 Å². The van der Waals surface area contributed by atoms with Crippen LogP contribution in [-0.2, 0) is 6.61 Å². The number of benzene rings is 1. The molecule has 3 rings (SSSR count). The van der Waals surface area contributed by atoms with Crippen molar-refractivity contribution in [2.24, 2.45) is 0 Å². The molecule has 0 fully saturated rings. The topological polar surface area (TPSA) is 82.2 Å². The van der Waals surface area contributed by atoms with Crippen molar-refractivity contribution in [3.63, 3.8) is 0 Å². The fourth-order valence-electron chi connectivity index (χ4n) is 2.89. The van der Waals surface area contributed by atoms with Crippen molar-refractivity contribution in [1.29, 1.82) is 0 Å². The second-order valence-corrected chi connectivity index (χ2v) is 6.75. The quantitative estimate of drug-likeness (QED) is 0.705. The standard InChI is InChI=1S/C20H24N4O3/c1-12(2)24-13(3)10-19(22-24)21-20(25)16-8-6-7-9-18(16)26-11-17-14(4)23-27-15(17)5/h6-10,12H,11H2,1-5H3,(H,21,22,25). The lowest BCUT2D eigenvalue weighted by Crippen LogP contribution is -2.14. The highest BCUT2D eigenvalue weighted by molar-refractivity contribution is 6.05. The molecule has 0 aliphatic heterocycles. The molecule has 0 unspecified atom stereocenters. The van der Waals surface area contributed by atoms with E-state index in [0.29, 0.717) is 22.9 Å². The van der Waals surface area contributed by atoms with Gasteiger partial charge in [-0.15, -0.1) is 0 Å². The molecule has 0 radical (unpaired) electrons. The first kappa shape index (κ1) is 18.7. The van der Waals surface area contributed by atoms with Gasteiger partial charge in [0.1, 0.15) is 18.1 Å². The Morgan fingerprint density at radius 1 is 1.26 bits per heavy atom. The van der Waals surface area contributed by atoms with Crippen LogP contribution in [0.5, 0.6) is 5.75 Å². The molecular formula is C20H24N4O3. The zero-order valence-corrected chi connectivity index (χ0v) is 16.2. The molecule has 2 heterocycles. The van der Waals surface area contributed by atoms with Crippen LogP contribution in [0.3, 0.4) is 0 Å². The predicted octanol–water partition coefficient (Wildman–Crippen LogP) is 4.21. The zero-order valence-electron chi connectivity index (χ0n) is 16.2. The molecule has 0 aliphatic rings. The maximum absolute atomic E-state index is 12.7. The van der Waals surface area contributed by atoms with E-state index < -0.39 is 0 Å². The molecule has 7 nitrogen and oxygen atoms in total. The Balaban J connectivity index is 1.77. The van der Waals surface area contributed by atoms with Gasteiger partial charge >= 0.3 is 0 Å². The lowest BCUT2D eigenvalue weighted by molar-refractivity contribution is 0.102. The minimum Gasteiger partial charge on any atom is -0.488 e. The first-order chi connectivity index (χ1) is 12.9. The lowest BCUT2D eigenvalue weighted by Gasteiger charge is -2.11. The number of rotatable bonds is 6. The molecule has 1 amide bonds. The van der Waals surface area contributed by atoms with Crippen molar-refractivity contribution in [3.05, 3.63) is 58.6 Å². The average molecular weight is 368 g/mol. The number of carbonyl (C=O) groups excluding carboxylic acids is 1. The van der Waals surface area contributed by atoms with Gasteiger partial charge in [0.25, 0.3) is 5.91 Å². The highest BCUT2D eigenvalue weighted by Crippen LogP contribution is 2.23. The van der Waals surface area contributed by atoms with Gasteiger partial charge in [0.15, 0.2) is 5.82 Å². The fourth-order valence-corrected chi connectivity index (χ4v) is 2.89. The third kappa shape index (κ3) is 4.02. The Bertz CT molecular complexity index is 937. The SMILES string of the molecule is Cc1noc(C)c1COc1ccccc1C(=O)Nc1cc(C)n(C(C)C)n1. The maximum Gasteiger partial charge on any atom is 0.260 e. The summed E-state index contributed by atoms with van der Waals surface area (Å²) >= 11 is 0. The van der Waals surface area contributed by atoms with Crippen molar-refractivity contribution in [3.8, 4) is 5.75 Å². The Hall–Kier alpha value is -3.09. The van der Waals surface area contributed by atoms with Crippen molar-refractivity contribution >= 4 is 11.7 Å². The molecule has 142 valence electrons. The second kappa shape index (κ2) is 7.65. The van der Waals surface area contributed by atoms with Crippen LogP contribution in [0.1, 0.15) is 53.0 Å². The van der Waals surface area contributed by atoms with E-state index in [2.05, 4.69) is 15.6 Å². The van der Waals surface area contributed by atoms with Gasteiger partial charge in [0, 0.05) is 17.8 Å². The second-order valence-electron chi connectivity index (χ2n) is 6.75.